The second-order valence-electron chi connectivity index (χ2n) is 5.00. The van der Waals surface area contributed by atoms with Gasteiger partial charge in [-0.15, -0.1) is 0 Å². The number of hydrogen-bond acceptors (Lipinski definition) is 4. The molecule has 1 aromatic carbocycles. The Labute approximate surface area is 120 Å². The van der Waals surface area contributed by atoms with Gasteiger partial charge in [0.1, 0.15) is 0 Å². The van der Waals surface area contributed by atoms with Gasteiger partial charge < -0.3 is 19.7 Å². The SMILES string of the molecule is COc1ccccc1OCC(=O)NC(C)CCN(C)C. The zero-order valence-corrected chi connectivity index (χ0v) is 12.7. The maximum absolute atomic E-state index is 11.8. The lowest BCUT2D eigenvalue weighted by atomic mass is 10.2. The van der Waals surface area contributed by atoms with Gasteiger partial charge in [0.25, 0.3) is 5.91 Å². The molecule has 0 saturated heterocycles. The van der Waals surface area contributed by atoms with E-state index in [1.54, 1.807) is 19.2 Å². The molecular weight excluding hydrogens is 256 g/mol. The number of nitrogens with one attached hydrogen (secondary N) is 1. The van der Waals surface area contributed by atoms with Crippen LogP contribution in [0, 0.1) is 0 Å². The molecule has 0 heterocycles. The second kappa shape index (κ2) is 8.43. The molecule has 1 atom stereocenters. The highest BCUT2D eigenvalue weighted by Crippen LogP contribution is 2.25. The molecule has 5 nitrogen and oxygen atoms in total. The van der Waals surface area contributed by atoms with Crippen molar-refractivity contribution in [1.82, 2.24) is 10.2 Å². The fraction of sp³-hybridized carbons (Fsp3) is 0.533. The van der Waals surface area contributed by atoms with E-state index in [9.17, 15) is 4.79 Å². The van der Waals surface area contributed by atoms with Crippen molar-refractivity contribution in [2.24, 2.45) is 0 Å². The van der Waals surface area contributed by atoms with Gasteiger partial charge in [-0.2, -0.15) is 0 Å². The fourth-order valence-electron chi connectivity index (χ4n) is 1.72. The number of amides is 1. The van der Waals surface area contributed by atoms with Crippen molar-refractivity contribution >= 4 is 5.91 Å². The Balaban J connectivity index is 2.36. The third kappa shape index (κ3) is 5.93. The Kier molecular flexibility index (Phi) is 6.87. The number of ether oxygens (including phenoxy) is 2. The second-order valence-corrected chi connectivity index (χ2v) is 5.00. The largest absolute Gasteiger partial charge is 0.493 e. The molecule has 0 aromatic heterocycles. The van der Waals surface area contributed by atoms with Gasteiger partial charge in [0.05, 0.1) is 7.11 Å². The average molecular weight is 280 g/mol. The molecule has 0 aliphatic carbocycles. The molecule has 0 bridgehead atoms. The van der Waals surface area contributed by atoms with Crippen LogP contribution in [0.3, 0.4) is 0 Å². The molecule has 112 valence electrons. The van der Waals surface area contributed by atoms with Gasteiger partial charge in [0.15, 0.2) is 18.1 Å². The third-order valence-corrected chi connectivity index (χ3v) is 2.84. The van der Waals surface area contributed by atoms with Crippen molar-refractivity contribution in [3.05, 3.63) is 24.3 Å². The summed E-state index contributed by atoms with van der Waals surface area (Å²) < 4.78 is 10.6. The summed E-state index contributed by atoms with van der Waals surface area (Å²) in [6.07, 6.45) is 0.910. The highest BCUT2D eigenvalue weighted by molar-refractivity contribution is 5.77. The summed E-state index contributed by atoms with van der Waals surface area (Å²) in [6.45, 7) is 2.92. The van der Waals surface area contributed by atoms with Gasteiger partial charge in [-0.25, -0.2) is 0 Å². The van der Waals surface area contributed by atoms with Crippen LogP contribution in [-0.2, 0) is 4.79 Å². The highest BCUT2D eigenvalue weighted by atomic mass is 16.5. The van der Waals surface area contributed by atoms with Crippen LogP contribution < -0.4 is 14.8 Å². The molecule has 1 amide bonds. The lowest BCUT2D eigenvalue weighted by molar-refractivity contribution is -0.123. The van der Waals surface area contributed by atoms with Crippen molar-refractivity contribution in [2.45, 2.75) is 19.4 Å². The van der Waals surface area contributed by atoms with Gasteiger partial charge in [0, 0.05) is 6.04 Å². The van der Waals surface area contributed by atoms with Crippen molar-refractivity contribution in [2.75, 3.05) is 34.4 Å². The van der Waals surface area contributed by atoms with Crippen LogP contribution in [-0.4, -0.2) is 51.2 Å². The van der Waals surface area contributed by atoms with Crippen LogP contribution in [0.15, 0.2) is 24.3 Å². The summed E-state index contributed by atoms with van der Waals surface area (Å²) in [4.78, 5) is 13.9. The van der Waals surface area contributed by atoms with Gasteiger partial charge in [-0.3, -0.25) is 4.79 Å². The Morgan fingerprint density at radius 2 is 1.95 bits per heavy atom. The van der Waals surface area contributed by atoms with Crippen LogP contribution in [0.2, 0.25) is 0 Å². The molecule has 1 N–H and O–H groups in total. The molecule has 0 radical (unpaired) electrons. The summed E-state index contributed by atoms with van der Waals surface area (Å²) in [6, 6.07) is 7.41. The Hall–Kier alpha value is -1.75. The number of para-hydroxylation sites is 2. The lowest BCUT2D eigenvalue weighted by Gasteiger charge is -2.17. The van der Waals surface area contributed by atoms with E-state index < -0.39 is 0 Å². The van der Waals surface area contributed by atoms with Crippen LogP contribution in [0.25, 0.3) is 0 Å². The summed E-state index contributed by atoms with van der Waals surface area (Å²) in [5.41, 5.74) is 0. The van der Waals surface area contributed by atoms with Crippen molar-refractivity contribution < 1.29 is 14.3 Å². The first-order chi connectivity index (χ1) is 9.52. The molecule has 5 heteroatoms. The van der Waals surface area contributed by atoms with E-state index >= 15 is 0 Å². The maximum Gasteiger partial charge on any atom is 0.258 e. The van der Waals surface area contributed by atoms with E-state index in [2.05, 4.69) is 10.2 Å². The number of nitrogens with zero attached hydrogens (tertiary/aromatic N) is 1. The summed E-state index contributed by atoms with van der Waals surface area (Å²) >= 11 is 0. The van der Waals surface area contributed by atoms with Crippen molar-refractivity contribution in [1.29, 1.82) is 0 Å². The molecular formula is C15H24N2O3. The van der Waals surface area contributed by atoms with Crippen molar-refractivity contribution in [3.8, 4) is 11.5 Å². The number of methoxy groups -OCH3 is 1. The van der Waals surface area contributed by atoms with Crippen LogP contribution in [0.1, 0.15) is 13.3 Å². The predicted octanol–water partition coefficient (Wildman–Crippen LogP) is 1.53. The van der Waals surface area contributed by atoms with E-state index in [0.29, 0.717) is 11.5 Å². The van der Waals surface area contributed by atoms with Crippen LogP contribution in [0.5, 0.6) is 11.5 Å². The van der Waals surface area contributed by atoms with Crippen molar-refractivity contribution in [3.63, 3.8) is 0 Å². The molecule has 1 rings (SSSR count). The standard InChI is InChI=1S/C15H24N2O3/c1-12(9-10-17(2)3)16-15(18)11-20-14-8-6-5-7-13(14)19-4/h5-8,12H,9-11H2,1-4H3,(H,16,18). The minimum Gasteiger partial charge on any atom is -0.493 e. The van der Waals surface area contributed by atoms with Gasteiger partial charge in [-0.1, -0.05) is 12.1 Å². The van der Waals surface area contributed by atoms with E-state index in [-0.39, 0.29) is 18.6 Å². The Bertz CT molecular complexity index is 421. The average Bonchev–Trinajstić information content (AvgIpc) is 2.43. The highest BCUT2D eigenvalue weighted by Gasteiger charge is 2.10. The number of rotatable bonds is 8. The molecule has 0 fully saturated rings. The Morgan fingerprint density at radius 1 is 1.30 bits per heavy atom. The number of carbonyl (C=O) groups is 1. The quantitative estimate of drug-likeness (QED) is 0.784. The zero-order chi connectivity index (χ0) is 15.0. The minimum atomic E-state index is -0.123. The molecule has 1 aromatic rings. The van der Waals surface area contributed by atoms with Crippen LogP contribution >= 0.6 is 0 Å². The molecule has 1 unspecified atom stereocenters. The Morgan fingerprint density at radius 3 is 2.55 bits per heavy atom. The first-order valence-electron chi connectivity index (χ1n) is 6.73. The predicted molar refractivity (Wildman–Crippen MR) is 79.3 cm³/mol. The third-order valence-electron chi connectivity index (χ3n) is 2.84. The van der Waals surface area contributed by atoms with Crippen LogP contribution in [0.4, 0.5) is 0 Å². The minimum absolute atomic E-state index is 0.00726. The zero-order valence-electron chi connectivity index (χ0n) is 12.7. The molecule has 0 aliphatic rings. The van der Waals surface area contributed by atoms with Gasteiger partial charge in [-0.05, 0) is 46.1 Å². The lowest BCUT2D eigenvalue weighted by Crippen LogP contribution is -2.37. The summed E-state index contributed by atoms with van der Waals surface area (Å²) in [5, 5.41) is 2.91. The molecule has 0 saturated carbocycles. The van der Waals surface area contributed by atoms with E-state index in [1.165, 1.54) is 0 Å². The monoisotopic (exact) mass is 280 g/mol. The fourth-order valence-corrected chi connectivity index (χ4v) is 1.72. The molecule has 0 spiro atoms. The first-order valence-corrected chi connectivity index (χ1v) is 6.73. The van der Waals surface area contributed by atoms with E-state index in [1.807, 2.05) is 33.2 Å². The van der Waals surface area contributed by atoms with Gasteiger partial charge in [0.2, 0.25) is 0 Å². The molecule has 0 aliphatic heterocycles. The molecule has 20 heavy (non-hydrogen) atoms. The van der Waals surface area contributed by atoms with E-state index in [0.717, 1.165) is 13.0 Å². The van der Waals surface area contributed by atoms with E-state index in [4.69, 9.17) is 9.47 Å². The normalized spacial score (nSPS) is 12.1. The number of carbonyl (C=O) groups excluding carboxylic acids is 1. The first kappa shape index (κ1) is 16.3. The van der Waals surface area contributed by atoms with Gasteiger partial charge >= 0.3 is 0 Å². The number of hydrogen-bond donors (Lipinski definition) is 1. The maximum atomic E-state index is 11.8. The smallest absolute Gasteiger partial charge is 0.258 e. The summed E-state index contributed by atoms with van der Waals surface area (Å²) in [5.74, 6) is 1.08. The number of benzene rings is 1. The summed E-state index contributed by atoms with van der Waals surface area (Å²) in [7, 11) is 5.60. The topological polar surface area (TPSA) is 50.8 Å².